The molecule has 134 valence electrons. The summed E-state index contributed by atoms with van der Waals surface area (Å²) in [6.45, 7) is 3.24. The highest BCUT2D eigenvalue weighted by molar-refractivity contribution is 6.05. The molecular weight excluding hydrogens is 334 g/mol. The normalized spacial score (nSPS) is 15.2. The number of ether oxygens (including phenoxy) is 2. The van der Waals surface area contributed by atoms with E-state index in [2.05, 4.69) is 5.32 Å². The van der Waals surface area contributed by atoms with Crippen LogP contribution in [0.1, 0.15) is 44.7 Å². The van der Waals surface area contributed by atoms with Crippen molar-refractivity contribution < 1.29 is 23.9 Å². The number of fused-ring (bicyclic) bond motifs is 1. The lowest BCUT2D eigenvalue weighted by atomic mass is 9.99. The van der Waals surface area contributed by atoms with Gasteiger partial charge in [-0.2, -0.15) is 0 Å². The first-order valence-electron chi connectivity index (χ1n) is 8.20. The summed E-state index contributed by atoms with van der Waals surface area (Å²) in [6, 6.07) is 10.1. The highest BCUT2D eigenvalue weighted by atomic mass is 16.5. The van der Waals surface area contributed by atoms with Gasteiger partial charge in [0.05, 0.1) is 13.0 Å². The Kier molecular flexibility index (Phi) is 4.75. The van der Waals surface area contributed by atoms with E-state index >= 15 is 0 Å². The number of benzene rings is 2. The number of nitrogens with one attached hydrogen (secondary N) is 1. The number of hydrogen-bond acceptors (Lipinski definition) is 5. The molecule has 6 heteroatoms. The van der Waals surface area contributed by atoms with Crippen LogP contribution in [-0.4, -0.2) is 31.4 Å². The molecule has 1 N–H and O–H groups in total. The average molecular weight is 353 g/mol. The number of aryl methyl sites for hydroxylation is 1. The topological polar surface area (TPSA) is 81.7 Å². The molecule has 0 saturated carbocycles. The van der Waals surface area contributed by atoms with Crippen LogP contribution in [-0.2, 0) is 9.53 Å². The van der Waals surface area contributed by atoms with Crippen LogP contribution in [0.4, 0.5) is 5.69 Å². The second-order valence-corrected chi connectivity index (χ2v) is 6.22. The molecule has 6 nitrogen and oxygen atoms in total. The van der Waals surface area contributed by atoms with Crippen molar-refractivity contribution in [3.8, 4) is 5.75 Å². The summed E-state index contributed by atoms with van der Waals surface area (Å²) in [4.78, 5) is 36.4. The third-order valence-electron chi connectivity index (χ3n) is 4.40. The maximum absolute atomic E-state index is 12.4. The van der Waals surface area contributed by atoms with Crippen LogP contribution < -0.4 is 10.1 Å². The predicted molar refractivity (Wildman–Crippen MR) is 95.8 cm³/mol. The molecule has 0 bridgehead atoms. The number of ketones is 1. The van der Waals surface area contributed by atoms with Crippen LogP contribution in [0.3, 0.4) is 0 Å². The Balaban J connectivity index is 1.71. The van der Waals surface area contributed by atoms with Gasteiger partial charge in [0.1, 0.15) is 11.3 Å². The predicted octanol–water partition coefficient (Wildman–Crippen LogP) is 3.10. The summed E-state index contributed by atoms with van der Waals surface area (Å²) in [5.41, 5.74) is 3.04. The van der Waals surface area contributed by atoms with E-state index in [4.69, 9.17) is 9.47 Å². The maximum atomic E-state index is 12.4. The number of rotatable bonds is 5. The van der Waals surface area contributed by atoms with Crippen molar-refractivity contribution in [1.29, 1.82) is 0 Å². The van der Waals surface area contributed by atoms with E-state index in [1.165, 1.54) is 7.11 Å². The minimum absolute atomic E-state index is 0.0948. The summed E-state index contributed by atoms with van der Waals surface area (Å²) < 4.78 is 10.3. The van der Waals surface area contributed by atoms with Crippen molar-refractivity contribution >= 4 is 23.3 Å². The Bertz CT molecular complexity index is 903. The van der Waals surface area contributed by atoms with Gasteiger partial charge in [0.25, 0.3) is 0 Å². The van der Waals surface area contributed by atoms with Gasteiger partial charge in [-0.3, -0.25) is 9.59 Å². The van der Waals surface area contributed by atoms with Crippen LogP contribution in [0.15, 0.2) is 36.4 Å². The highest BCUT2D eigenvalue weighted by Gasteiger charge is 2.27. The van der Waals surface area contributed by atoms with Gasteiger partial charge >= 0.3 is 5.97 Å². The third-order valence-corrected chi connectivity index (χ3v) is 4.40. The van der Waals surface area contributed by atoms with Gasteiger partial charge in [-0.05, 0) is 49.7 Å². The minimum atomic E-state index is -0.620. The molecule has 0 aliphatic carbocycles. The number of hydrogen-bond donors (Lipinski definition) is 1. The number of methoxy groups -OCH3 is 1. The molecule has 0 unspecified atom stereocenters. The van der Waals surface area contributed by atoms with Crippen molar-refractivity contribution in [2.75, 3.05) is 19.0 Å². The summed E-state index contributed by atoms with van der Waals surface area (Å²) in [5.74, 6) is -0.965. The minimum Gasteiger partial charge on any atom is -0.496 e. The Morgan fingerprint density at radius 2 is 1.92 bits per heavy atom. The van der Waals surface area contributed by atoms with Gasteiger partial charge in [-0.25, -0.2) is 4.79 Å². The van der Waals surface area contributed by atoms with E-state index in [1.54, 1.807) is 37.3 Å². The maximum Gasteiger partial charge on any atom is 0.342 e. The summed E-state index contributed by atoms with van der Waals surface area (Å²) in [5, 5.41) is 2.75. The summed E-state index contributed by atoms with van der Waals surface area (Å²) in [7, 11) is 1.47. The average Bonchev–Trinajstić information content (AvgIpc) is 2.93. The van der Waals surface area contributed by atoms with Gasteiger partial charge in [0, 0.05) is 11.3 Å². The molecule has 3 rings (SSSR count). The summed E-state index contributed by atoms with van der Waals surface area (Å²) in [6.07, 6.45) is 0. The molecule has 2 aromatic rings. The molecule has 0 saturated heterocycles. The molecule has 1 aliphatic heterocycles. The number of esters is 1. The second-order valence-electron chi connectivity index (χ2n) is 6.22. The molecule has 1 aliphatic rings. The molecule has 0 radical (unpaired) electrons. The van der Waals surface area contributed by atoms with Crippen molar-refractivity contribution in [2.45, 2.75) is 19.8 Å². The molecule has 2 aromatic carbocycles. The lowest BCUT2D eigenvalue weighted by molar-refractivity contribution is -0.116. The largest absolute Gasteiger partial charge is 0.496 e. The Hall–Kier alpha value is -3.15. The zero-order valence-corrected chi connectivity index (χ0v) is 14.8. The molecule has 0 spiro atoms. The van der Waals surface area contributed by atoms with E-state index in [0.717, 1.165) is 11.1 Å². The van der Waals surface area contributed by atoms with E-state index < -0.39 is 5.97 Å². The van der Waals surface area contributed by atoms with Crippen molar-refractivity contribution in [2.24, 2.45) is 0 Å². The van der Waals surface area contributed by atoms with E-state index in [9.17, 15) is 14.4 Å². The molecule has 0 fully saturated rings. The summed E-state index contributed by atoms with van der Waals surface area (Å²) >= 11 is 0. The van der Waals surface area contributed by atoms with Crippen LogP contribution in [0, 0.1) is 6.92 Å². The third kappa shape index (κ3) is 3.31. The number of carbonyl (C=O) groups excluding carboxylic acids is 3. The van der Waals surface area contributed by atoms with Crippen molar-refractivity contribution in [1.82, 2.24) is 0 Å². The highest BCUT2D eigenvalue weighted by Crippen LogP contribution is 2.32. The van der Waals surface area contributed by atoms with Gasteiger partial charge in [-0.15, -0.1) is 0 Å². The number of anilines is 1. The quantitative estimate of drug-likeness (QED) is 0.660. The monoisotopic (exact) mass is 353 g/mol. The van der Waals surface area contributed by atoms with Crippen molar-refractivity contribution in [3.63, 3.8) is 0 Å². The number of amides is 1. The molecule has 1 heterocycles. The lowest BCUT2D eigenvalue weighted by Crippen LogP contribution is -2.15. The van der Waals surface area contributed by atoms with E-state index in [1.807, 2.05) is 13.0 Å². The fourth-order valence-corrected chi connectivity index (χ4v) is 2.86. The molecule has 1 atom stereocenters. The van der Waals surface area contributed by atoms with Gasteiger partial charge in [-0.1, -0.05) is 11.6 Å². The van der Waals surface area contributed by atoms with Crippen LogP contribution >= 0.6 is 0 Å². The fraction of sp³-hybridized carbons (Fsp3) is 0.250. The standard InChI is InChI=1S/C20H19NO5/c1-11-4-7-18(25-3)15(8-11)20(24)26-10-17(22)13-5-6-16-14(9-13)12(2)19(23)21-16/h4-9,12H,10H2,1-3H3,(H,21,23)/t12-/m0/s1. The fourth-order valence-electron chi connectivity index (χ4n) is 2.86. The second kappa shape index (κ2) is 7.00. The number of carbonyl (C=O) groups is 3. The first-order valence-corrected chi connectivity index (χ1v) is 8.20. The van der Waals surface area contributed by atoms with Gasteiger partial charge in [0.2, 0.25) is 5.91 Å². The molecular formula is C20H19NO5. The Morgan fingerprint density at radius 1 is 1.15 bits per heavy atom. The van der Waals surface area contributed by atoms with Crippen LogP contribution in [0.25, 0.3) is 0 Å². The first kappa shape index (κ1) is 17.7. The molecule has 26 heavy (non-hydrogen) atoms. The van der Waals surface area contributed by atoms with Gasteiger partial charge in [0.15, 0.2) is 12.4 Å². The lowest BCUT2D eigenvalue weighted by Gasteiger charge is -2.10. The van der Waals surface area contributed by atoms with Gasteiger partial charge < -0.3 is 14.8 Å². The first-order chi connectivity index (χ1) is 12.4. The van der Waals surface area contributed by atoms with E-state index in [-0.39, 0.29) is 29.8 Å². The zero-order chi connectivity index (χ0) is 18.8. The Morgan fingerprint density at radius 3 is 2.65 bits per heavy atom. The van der Waals surface area contributed by atoms with E-state index in [0.29, 0.717) is 17.0 Å². The zero-order valence-electron chi connectivity index (χ0n) is 14.8. The SMILES string of the molecule is COc1ccc(C)cc1C(=O)OCC(=O)c1ccc2c(c1)[C@H](C)C(=O)N2. The van der Waals surface area contributed by atoms with Crippen LogP contribution in [0.5, 0.6) is 5.75 Å². The number of Topliss-reactive ketones (excluding diaryl/α,β-unsaturated/α-hetero) is 1. The van der Waals surface area contributed by atoms with Crippen LogP contribution in [0.2, 0.25) is 0 Å². The van der Waals surface area contributed by atoms with Crippen molar-refractivity contribution in [3.05, 3.63) is 58.7 Å². The molecule has 0 aromatic heterocycles. The Labute approximate surface area is 151 Å². The smallest absolute Gasteiger partial charge is 0.342 e. The molecule has 1 amide bonds.